The van der Waals surface area contributed by atoms with Crippen LogP contribution in [0.15, 0.2) is 36.5 Å². The highest BCUT2D eigenvalue weighted by atomic mass is 16.5. The number of Topliss-reactive ketones (excluding diaryl/α,β-unsaturated/α-hetero) is 1. The van der Waals surface area contributed by atoms with E-state index in [1.807, 2.05) is 12.1 Å². The summed E-state index contributed by atoms with van der Waals surface area (Å²) in [4.78, 5) is 39.6. The molecule has 1 amide bonds. The van der Waals surface area contributed by atoms with E-state index in [2.05, 4.69) is 10.3 Å². The molecule has 0 aliphatic heterocycles. The Labute approximate surface area is 133 Å². The number of nitrogens with one attached hydrogen (secondary N) is 1. The van der Waals surface area contributed by atoms with Gasteiger partial charge in [0.2, 0.25) is 0 Å². The lowest BCUT2D eigenvalue weighted by Crippen LogP contribution is -2.41. The zero-order chi connectivity index (χ0) is 16.8. The molecular formula is C17H18N2O4. The first-order valence-electron chi connectivity index (χ1n) is 7.25. The van der Waals surface area contributed by atoms with Gasteiger partial charge in [0.05, 0.1) is 18.2 Å². The Morgan fingerprint density at radius 3 is 2.65 bits per heavy atom. The summed E-state index contributed by atoms with van der Waals surface area (Å²) in [6.45, 7) is 1.44. The van der Waals surface area contributed by atoms with Crippen molar-refractivity contribution in [1.82, 2.24) is 10.3 Å². The van der Waals surface area contributed by atoms with E-state index in [0.29, 0.717) is 16.5 Å². The van der Waals surface area contributed by atoms with Crippen molar-refractivity contribution in [3.8, 4) is 0 Å². The number of para-hydroxylation sites is 1. The number of benzene rings is 1. The van der Waals surface area contributed by atoms with Crippen LogP contribution in [0, 0.1) is 0 Å². The molecule has 0 spiro atoms. The molecule has 1 aromatic heterocycles. The number of carbonyl (C=O) groups is 3. The number of esters is 1. The van der Waals surface area contributed by atoms with Crippen molar-refractivity contribution in [2.24, 2.45) is 0 Å². The smallest absolute Gasteiger partial charge is 0.328 e. The number of fused-ring (bicyclic) bond motifs is 1. The normalized spacial score (nSPS) is 11.7. The minimum atomic E-state index is -0.858. The highest BCUT2D eigenvalue weighted by Crippen LogP contribution is 2.16. The molecule has 0 bridgehead atoms. The number of rotatable bonds is 6. The molecule has 120 valence electrons. The number of aromatic nitrogens is 1. The van der Waals surface area contributed by atoms with Gasteiger partial charge in [-0.05, 0) is 25.5 Å². The molecule has 0 fully saturated rings. The van der Waals surface area contributed by atoms with E-state index in [4.69, 9.17) is 4.74 Å². The van der Waals surface area contributed by atoms with Crippen LogP contribution in [0.3, 0.4) is 0 Å². The Morgan fingerprint density at radius 1 is 1.22 bits per heavy atom. The average molecular weight is 314 g/mol. The molecule has 2 aromatic rings. The maximum Gasteiger partial charge on any atom is 0.328 e. The van der Waals surface area contributed by atoms with Crippen LogP contribution < -0.4 is 5.32 Å². The monoisotopic (exact) mass is 314 g/mol. The molecule has 1 atom stereocenters. The van der Waals surface area contributed by atoms with Crippen LogP contribution in [0.1, 0.15) is 30.1 Å². The van der Waals surface area contributed by atoms with Crippen molar-refractivity contribution in [1.29, 1.82) is 0 Å². The molecule has 6 nitrogen and oxygen atoms in total. The summed E-state index contributed by atoms with van der Waals surface area (Å²) in [6, 6.07) is 7.98. The van der Waals surface area contributed by atoms with Crippen molar-refractivity contribution >= 4 is 28.6 Å². The van der Waals surface area contributed by atoms with E-state index in [1.165, 1.54) is 14.0 Å². The first kappa shape index (κ1) is 16.6. The van der Waals surface area contributed by atoms with Gasteiger partial charge in [0.25, 0.3) is 5.91 Å². The fourth-order valence-electron chi connectivity index (χ4n) is 2.27. The van der Waals surface area contributed by atoms with Crippen molar-refractivity contribution in [2.75, 3.05) is 7.11 Å². The number of methoxy groups -OCH3 is 1. The van der Waals surface area contributed by atoms with Crippen molar-refractivity contribution in [2.45, 2.75) is 25.8 Å². The summed E-state index contributed by atoms with van der Waals surface area (Å²) in [7, 11) is 1.25. The van der Waals surface area contributed by atoms with Gasteiger partial charge in [0.15, 0.2) is 0 Å². The molecule has 1 aromatic carbocycles. The number of hydrogen-bond donors (Lipinski definition) is 1. The molecule has 1 heterocycles. The number of nitrogens with zero attached hydrogens (tertiary/aromatic N) is 1. The summed E-state index contributed by atoms with van der Waals surface area (Å²) in [5.41, 5.74) is 1.12. The van der Waals surface area contributed by atoms with Gasteiger partial charge in [-0.25, -0.2) is 4.79 Å². The third kappa shape index (κ3) is 4.12. The van der Waals surface area contributed by atoms with Gasteiger partial charge in [0.1, 0.15) is 11.8 Å². The molecule has 0 aliphatic carbocycles. The van der Waals surface area contributed by atoms with Crippen molar-refractivity contribution in [3.63, 3.8) is 0 Å². The van der Waals surface area contributed by atoms with Gasteiger partial charge in [-0.15, -0.1) is 0 Å². The molecule has 0 saturated heterocycles. The SMILES string of the molecule is COC(=O)[C@H](CCC(C)=O)NC(=O)c1ccnc2ccccc12. The number of ketones is 1. The van der Waals surface area contributed by atoms with E-state index < -0.39 is 17.9 Å². The second-order valence-corrected chi connectivity index (χ2v) is 5.17. The fourth-order valence-corrected chi connectivity index (χ4v) is 2.27. The van der Waals surface area contributed by atoms with Crippen LogP contribution in [-0.4, -0.2) is 35.8 Å². The number of pyridine rings is 1. The molecule has 0 radical (unpaired) electrons. The molecule has 1 N–H and O–H groups in total. The Morgan fingerprint density at radius 2 is 1.96 bits per heavy atom. The number of hydrogen-bond acceptors (Lipinski definition) is 5. The van der Waals surface area contributed by atoms with E-state index in [-0.39, 0.29) is 18.6 Å². The van der Waals surface area contributed by atoms with Gasteiger partial charge in [-0.3, -0.25) is 9.78 Å². The lowest BCUT2D eigenvalue weighted by Gasteiger charge is -2.16. The largest absolute Gasteiger partial charge is 0.467 e. The minimum Gasteiger partial charge on any atom is -0.467 e. The zero-order valence-electron chi connectivity index (χ0n) is 13.0. The second kappa shape index (κ2) is 7.49. The van der Waals surface area contributed by atoms with E-state index in [1.54, 1.807) is 24.4 Å². The quantitative estimate of drug-likeness (QED) is 0.823. The third-order valence-electron chi connectivity index (χ3n) is 3.47. The lowest BCUT2D eigenvalue weighted by molar-refractivity contribution is -0.143. The highest BCUT2D eigenvalue weighted by molar-refractivity contribution is 6.07. The first-order valence-corrected chi connectivity index (χ1v) is 7.25. The predicted octanol–water partition coefficient (Wildman–Crippen LogP) is 1.88. The number of amides is 1. The summed E-state index contributed by atoms with van der Waals surface area (Å²) < 4.78 is 4.69. The van der Waals surface area contributed by atoms with E-state index >= 15 is 0 Å². The maximum atomic E-state index is 12.5. The summed E-state index contributed by atoms with van der Waals surface area (Å²) in [5, 5.41) is 3.33. The minimum absolute atomic E-state index is 0.0532. The van der Waals surface area contributed by atoms with Gasteiger partial charge < -0.3 is 14.8 Å². The van der Waals surface area contributed by atoms with Gasteiger partial charge in [-0.2, -0.15) is 0 Å². The third-order valence-corrected chi connectivity index (χ3v) is 3.47. The Hall–Kier alpha value is -2.76. The Bertz CT molecular complexity index is 737. The second-order valence-electron chi connectivity index (χ2n) is 5.17. The maximum absolute atomic E-state index is 12.5. The van der Waals surface area contributed by atoms with Crippen LogP contribution in [0.5, 0.6) is 0 Å². The molecule has 0 aliphatic rings. The van der Waals surface area contributed by atoms with Crippen molar-refractivity contribution < 1.29 is 19.1 Å². The van der Waals surface area contributed by atoms with E-state index in [9.17, 15) is 14.4 Å². The highest BCUT2D eigenvalue weighted by Gasteiger charge is 2.23. The molecular weight excluding hydrogens is 296 g/mol. The molecule has 2 rings (SSSR count). The van der Waals surface area contributed by atoms with Crippen LogP contribution in [0.25, 0.3) is 10.9 Å². The predicted molar refractivity (Wildman–Crippen MR) is 84.9 cm³/mol. The van der Waals surface area contributed by atoms with Crippen molar-refractivity contribution in [3.05, 3.63) is 42.1 Å². The van der Waals surface area contributed by atoms with Gasteiger partial charge in [0, 0.05) is 18.0 Å². The van der Waals surface area contributed by atoms with Crippen LogP contribution in [0.4, 0.5) is 0 Å². The topological polar surface area (TPSA) is 85.4 Å². The van der Waals surface area contributed by atoms with Crippen LogP contribution in [-0.2, 0) is 14.3 Å². The molecule has 0 saturated carbocycles. The number of carbonyl (C=O) groups excluding carboxylic acids is 3. The Balaban J connectivity index is 2.23. The lowest BCUT2D eigenvalue weighted by atomic mass is 10.1. The van der Waals surface area contributed by atoms with Crippen LogP contribution in [0.2, 0.25) is 0 Å². The Kier molecular flexibility index (Phi) is 5.41. The summed E-state index contributed by atoms with van der Waals surface area (Å²) in [6.07, 6.45) is 1.94. The standard InChI is InChI=1S/C17H18N2O4/c1-11(20)7-8-15(17(22)23-2)19-16(21)13-9-10-18-14-6-4-3-5-12(13)14/h3-6,9-10,15H,7-8H2,1-2H3,(H,19,21)/t15-/m0/s1. The molecule has 0 unspecified atom stereocenters. The summed E-state index contributed by atoms with van der Waals surface area (Å²) in [5.74, 6) is -1.02. The molecule has 6 heteroatoms. The summed E-state index contributed by atoms with van der Waals surface area (Å²) >= 11 is 0. The van der Waals surface area contributed by atoms with Gasteiger partial charge >= 0.3 is 5.97 Å². The van der Waals surface area contributed by atoms with Crippen LogP contribution >= 0.6 is 0 Å². The number of ether oxygens (including phenoxy) is 1. The van der Waals surface area contributed by atoms with E-state index in [0.717, 1.165) is 0 Å². The fraction of sp³-hybridized carbons (Fsp3) is 0.294. The van der Waals surface area contributed by atoms with Gasteiger partial charge in [-0.1, -0.05) is 18.2 Å². The zero-order valence-corrected chi connectivity index (χ0v) is 13.0. The average Bonchev–Trinajstić information content (AvgIpc) is 2.56. The first-order chi connectivity index (χ1) is 11.0. The molecule has 23 heavy (non-hydrogen) atoms.